The van der Waals surface area contributed by atoms with E-state index in [9.17, 15) is 4.79 Å². The van der Waals surface area contributed by atoms with Crippen molar-refractivity contribution in [3.05, 3.63) is 13.9 Å². The number of hydrogen-bond acceptors (Lipinski definition) is 3. The maximum absolute atomic E-state index is 10.1. The van der Waals surface area contributed by atoms with Gasteiger partial charge >= 0.3 is 0 Å². The number of halogens is 2. The minimum absolute atomic E-state index is 0.379. The molecule has 1 aromatic rings. The van der Waals surface area contributed by atoms with Crippen LogP contribution < -0.4 is 0 Å². The molecule has 5 heteroatoms. The number of carbonyl (C=O) groups is 1. The summed E-state index contributed by atoms with van der Waals surface area (Å²) in [5, 5.41) is 0. The number of carbonyl (C=O) groups excluding carboxylic acids is 1. The van der Waals surface area contributed by atoms with E-state index in [4.69, 9.17) is 11.6 Å². The van der Waals surface area contributed by atoms with Crippen molar-refractivity contribution in [2.24, 2.45) is 0 Å². The van der Waals surface area contributed by atoms with Gasteiger partial charge in [0, 0.05) is 0 Å². The van der Waals surface area contributed by atoms with Crippen LogP contribution in [0.3, 0.4) is 0 Å². The molecule has 0 aliphatic heterocycles. The van der Waals surface area contributed by atoms with Crippen molar-refractivity contribution in [3.63, 3.8) is 0 Å². The van der Waals surface area contributed by atoms with Crippen LogP contribution in [0.5, 0.6) is 0 Å². The van der Waals surface area contributed by atoms with Crippen LogP contribution in [-0.2, 0) is 0 Å². The van der Waals surface area contributed by atoms with Crippen LogP contribution in [0.1, 0.15) is 9.67 Å². The Kier molecular flexibility index (Phi) is 2.21. The van der Waals surface area contributed by atoms with Gasteiger partial charge in [-0.2, -0.15) is 0 Å². The topological polar surface area (TPSA) is 30.0 Å². The maximum atomic E-state index is 10.1. The SMILES string of the molecule is O=Cc1sc(Cl)nc1Br. The van der Waals surface area contributed by atoms with Gasteiger partial charge in [0.25, 0.3) is 0 Å². The summed E-state index contributed by atoms with van der Waals surface area (Å²) in [6, 6.07) is 0. The quantitative estimate of drug-likeness (QED) is 0.688. The highest BCUT2D eigenvalue weighted by Gasteiger charge is 2.04. The van der Waals surface area contributed by atoms with E-state index >= 15 is 0 Å². The summed E-state index contributed by atoms with van der Waals surface area (Å²) in [6.07, 6.45) is 0.716. The Morgan fingerprint density at radius 3 is 2.67 bits per heavy atom. The molecule has 0 radical (unpaired) electrons. The van der Waals surface area contributed by atoms with Crippen LogP contribution in [0.15, 0.2) is 4.60 Å². The fourth-order valence-corrected chi connectivity index (χ4v) is 1.92. The van der Waals surface area contributed by atoms with Crippen LogP contribution in [0.2, 0.25) is 4.47 Å². The van der Waals surface area contributed by atoms with E-state index in [1.165, 1.54) is 0 Å². The molecule has 0 amide bonds. The molecule has 1 aromatic heterocycles. The molecule has 9 heavy (non-hydrogen) atoms. The largest absolute Gasteiger partial charge is 0.297 e. The van der Waals surface area contributed by atoms with Crippen molar-refractivity contribution in [2.75, 3.05) is 0 Å². The summed E-state index contributed by atoms with van der Waals surface area (Å²) < 4.78 is 0.900. The lowest BCUT2D eigenvalue weighted by molar-refractivity contribution is 0.112. The fourth-order valence-electron chi connectivity index (χ4n) is 0.361. The van der Waals surface area contributed by atoms with Crippen LogP contribution in [0.4, 0.5) is 0 Å². The van der Waals surface area contributed by atoms with Gasteiger partial charge in [0.05, 0.1) is 0 Å². The molecule has 0 fully saturated rings. The zero-order valence-electron chi connectivity index (χ0n) is 4.10. The average molecular weight is 226 g/mol. The lowest BCUT2D eigenvalue weighted by Crippen LogP contribution is -1.70. The second-order valence-corrected chi connectivity index (χ2v) is 3.60. The first-order valence-corrected chi connectivity index (χ1v) is 4.00. The van der Waals surface area contributed by atoms with Gasteiger partial charge in [-0.1, -0.05) is 22.9 Å². The monoisotopic (exact) mass is 225 g/mol. The van der Waals surface area contributed by atoms with Crippen molar-refractivity contribution in [2.45, 2.75) is 0 Å². The lowest BCUT2D eigenvalue weighted by Gasteiger charge is -1.74. The molecule has 0 N–H and O–H groups in total. The van der Waals surface area contributed by atoms with Crippen molar-refractivity contribution in [1.82, 2.24) is 4.98 Å². The summed E-state index contributed by atoms with van der Waals surface area (Å²) >= 11 is 9.68. The Balaban J connectivity index is 3.15. The van der Waals surface area contributed by atoms with Gasteiger partial charge in [0.15, 0.2) is 10.8 Å². The van der Waals surface area contributed by atoms with E-state index in [1.807, 2.05) is 0 Å². The number of rotatable bonds is 1. The van der Waals surface area contributed by atoms with Crippen LogP contribution in [-0.4, -0.2) is 11.3 Å². The first kappa shape index (κ1) is 7.18. The highest BCUT2D eigenvalue weighted by Crippen LogP contribution is 2.24. The Morgan fingerprint density at radius 1 is 1.78 bits per heavy atom. The van der Waals surface area contributed by atoms with E-state index in [2.05, 4.69) is 20.9 Å². The smallest absolute Gasteiger partial charge is 0.185 e. The number of hydrogen-bond donors (Lipinski definition) is 0. The van der Waals surface area contributed by atoms with Gasteiger partial charge in [0.1, 0.15) is 9.48 Å². The molecule has 0 atom stereocenters. The molecule has 0 aromatic carbocycles. The molecule has 0 bridgehead atoms. The molecule has 0 saturated heterocycles. The van der Waals surface area contributed by atoms with Gasteiger partial charge in [0.2, 0.25) is 0 Å². The highest BCUT2D eigenvalue weighted by molar-refractivity contribution is 9.10. The third-order valence-corrected chi connectivity index (χ3v) is 2.64. The van der Waals surface area contributed by atoms with Gasteiger partial charge < -0.3 is 0 Å². The predicted molar refractivity (Wildman–Crippen MR) is 40.2 cm³/mol. The summed E-state index contributed by atoms with van der Waals surface area (Å²) in [5.74, 6) is 0. The summed E-state index contributed by atoms with van der Waals surface area (Å²) in [6.45, 7) is 0. The molecule has 0 spiro atoms. The summed E-state index contributed by atoms with van der Waals surface area (Å²) in [4.78, 5) is 14.4. The molecule has 48 valence electrons. The maximum Gasteiger partial charge on any atom is 0.185 e. The molecule has 0 aliphatic carbocycles. The molecule has 0 saturated carbocycles. The lowest BCUT2D eigenvalue weighted by atomic mass is 10.6. The number of thiazole rings is 1. The summed E-state index contributed by atoms with van der Waals surface area (Å²) in [7, 11) is 0. The molecular weight excluding hydrogens is 225 g/mol. The molecule has 1 rings (SSSR count). The third kappa shape index (κ3) is 1.50. The Labute approximate surface area is 69.0 Å². The Hall–Kier alpha value is 0.0700. The first-order valence-electron chi connectivity index (χ1n) is 2.01. The fraction of sp³-hybridized carbons (Fsp3) is 0. The van der Waals surface area contributed by atoms with E-state index in [-0.39, 0.29) is 0 Å². The van der Waals surface area contributed by atoms with E-state index in [1.54, 1.807) is 0 Å². The number of aldehydes is 1. The highest BCUT2D eigenvalue weighted by atomic mass is 79.9. The minimum Gasteiger partial charge on any atom is -0.297 e. The van der Waals surface area contributed by atoms with Gasteiger partial charge in [-0.05, 0) is 15.9 Å². The van der Waals surface area contributed by atoms with Crippen molar-refractivity contribution in [3.8, 4) is 0 Å². The van der Waals surface area contributed by atoms with Gasteiger partial charge in [-0.3, -0.25) is 4.79 Å². The Morgan fingerprint density at radius 2 is 2.44 bits per heavy atom. The van der Waals surface area contributed by atoms with E-state index in [0.29, 0.717) is 20.2 Å². The van der Waals surface area contributed by atoms with Crippen LogP contribution >= 0.6 is 38.9 Å². The van der Waals surface area contributed by atoms with Gasteiger partial charge in [-0.15, -0.1) is 0 Å². The zero-order chi connectivity index (χ0) is 6.85. The third-order valence-electron chi connectivity index (χ3n) is 0.691. The second kappa shape index (κ2) is 2.77. The van der Waals surface area contributed by atoms with Crippen molar-refractivity contribution >= 4 is 45.2 Å². The van der Waals surface area contributed by atoms with Crippen molar-refractivity contribution < 1.29 is 4.79 Å². The van der Waals surface area contributed by atoms with Gasteiger partial charge in [-0.25, -0.2) is 4.98 Å². The normalized spacial score (nSPS) is 9.56. The molecule has 1 heterocycles. The zero-order valence-corrected chi connectivity index (χ0v) is 7.26. The van der Waals surface area contributed by atoms with E-state index in [0.717, 1.165) is 11.3 Å². The number of aromatic nitrogens is 1. The number of nitrogens with zero attached hydrogens (tertiary/aromatic N) is 1. The first-order chi connectivity index (χ1) is 4.24. The standard InChI is InChI=1S/C4HBrClNOS/c5-3-2(1-8)9-4(6)7-3/h1H. The van der Waals surface area contributed by atoms with Crippen LogP contribution in [0, 0.1) is 0 Å². The molecule has 2 nitrogen and oxygen atoms in total. The summed E-state index contributed by atoms with van der Waals surface area (Å²) in [5.41, 5.74) is 0. The van der Waals surface area contributed by atoms with E-state index < -0.39 is 0 Å². The Bertz CT molecular complexity index is 236. The molecule has 0 unspecified atom stereocenters. The molecular formula is C4HBrClNOS. The van der Waals surface area contributed by atoms with Crippen molar-refractivity contribution in [1.29, 1.82) is 0 Å². The molecule has 0 aliphatic rings. The minimum atomic E-state index is 0.379. The average Bonchev–Trinajstić information content (AvgIpc) is 2.10. The van der Waals surface area contributed by atoms with Crippen LogP contribution in [0.25, 0.3) is 0 Å². The predicted octanol–water partition coefficient (Wildman–Crippen LogP) is 2.37. The second-order valence-electron chi connectivity index (χ2n) is 1.24.